The molecule has 0 spiro atoms. The Bertz CT molecular complexity index is 300. The van der Waals surface area contributed by atoms with Crippen molar-refractivity contribution in [2.24, 2.45) is 0 Å². The Labute approximate surface area is 71.1 Å². The Balaban J connectivity index is 2.65. The zero-order valence-corrected chi connectivity index (χ0v) is 6.33. The van der Waals surface area contributed by atoms with E-state index in [-0.39, 0.29) is 5.69 Å². The topological polar surface area (TPSA) is 83.8 Å². The summed E-state index contributed by atoms with van der Waals surface area (Å²) >= 11 is 0. The molecule has 0 unspecified atom stereocenters. The van der Waals surface area contributed by atoms with Gasteiger partial charge in [-0.05, 0) is 4.92 Å². The maximum atomic E-state index is 11.7. The van der Waals surface area contributed by atoms with Crippen LogP contribution < -0.4 is 5.32 Å². The van der Waals surface area contributed by atoms with E-state index in [0.717, 1.165) is 6.20 Å². The molecule has 0 saturated carbocycles. The van der Waals surface area contributed by atoms with Crippen LogP contribution in [0.15, 0.2) is 6.20 Å². The van der Waals surface area contributed by atoms with Crippen LogP contribution in [0, 0.1) is 10.1 Å². The second-order valence-corrected chi connectivity index (χ2v) is 2.16. The smallest absolute Gasteiger partial charge is 0.366 e. The van der Waals surface area contributed by atoms with Crippen LogP contribution in [0.4, 0.5) is 20.3 Å². The number of nitro groups is 1. The largest absolute Gasteiger partial charge is 0.371 e. The minimum atomic E-state index is -2.56. The maximum absolute atomic E-state index is 11.7. The normalized spacial score (nSPS) is 10.4. The van der Waals surface area contributed by atoms with Gasteiger partial charge in [0, 0.05) is 0 Å². The summed E-state index contributed by atoms with van der Waals surface area (Å²) in [6, 6.07) is 0. The van der Waals surface area contributed by atoms with E-state index in [1.807, 2.05) is 0 Å². The fraction of sp³-hybridized carbons (Fsp3) is 0.400. The first-order valence-corrected chi connectivity index (χ1v) is 3.31. The van der Waals surface area contributed by atoms with Gasteiger partial charge in [-0.3, -0.25) is 0 Å². The predicted octanol–water partition coefficient (Wildman–Crippen LogP) is 0.995. The van der Waals surface area contributed by atoms with Crippen LogP contribution >= 0.6 is 0 Å². The highest BCUT2D eigenvalue weighted by Gasteiger charge is 2.15. The van der Waals surface area contributed by atoms with Gasteiger partial charge in [-0.15, -0.1) is 5.10 Å². The van der Waals surface area contributed by atoms with E-state index < -0.39 is 23.7 Å². The zero-order chi connectivity index (χ0) is 9.84. The molecule has 0 aliphatic heterocycles. The van der Waals surface area contributed by atoms with E-state index in [1.54, 1.807) is 0 Å². The van der Waals surface area contributed by atoms with Gasteiger partial charge < -0.3 is 15.4 Å². The van der Waals surface area contributed by atoms with Crippen molar-refractivity contribution in [3.63, 3.8) is 0 Å². The van der Waals surface area contributed by atoms with E-state index in [1.165, 1.54) is 0 Å². The first-order chi connectivity index (χ1) is 6.11. The SMILES string of the molecule is O=[N+]([O-])c1[nH]ncc1NCC(F)F. The third-order valence-corrected chi connectivity index (χ3v) is 1.25. The van der Waals surface area contributed by atoms with Gasteiger partial charge in [0.15, 0.2) is 5.69 Å². The second-order valence-electron chi connectivity index (χ2n) is 2.16. The van der Waals surface area contributed by atoms with Gasteiger partial charge in [0.2, 0.25) is 0 Å². The molecule has 0 saturated heterocycles. The van der Waals surface area contributed by atoms with Crippen molar-refractivity contribution in [1.82, 2.24) is 10.2 Å². The molecule has 1 aromatic rings. The van der Waals surface area contributed by atoms with Crippen LogP contribution in [0.2, 0.25) is 0 Å². The molecule has 2 N–H and O–H groups in total. The number of H-pyrrole nitrogens is 1. The summed E-state index contributed by atoms with van der Waals surface area (Å²) in [6.45, 7) is -0.639. The average molecular weight is 192 g/mol. The van der Waals surface area contributed by atoms with Crippen LogP contribution in [-0.4, -0.2) is 28.1 Å². The van der Waals surface area contributed by atoms with Gasteiger partial charge in [0.25, 0.3) is 6.43 Å². The molecule has 0 radical (unpaired) electrons. The molecular weight excluding hydrogens is 186 g/mol. The molecule has 0 fully saturated rings. The van der Waals surface area contributed by atoms with Crippen LogP contribution in [-0.2, 0) is 0 Å². The Kier molecular flexibility index (Phi) is 2.72. The average Bonchev–Trinajstić information content (AvgIpc) is 2.47. The highest BCUT2D eigenvalue weighted by atomic mass is 19.3. The first-order valence-electron chi connectivity index (χ1n) is 3.31. The number of nitrogens with one attached hydrogen (secondary N) is 2. The number of aromatic nitrogens is 2. The van der Waals surface area contributed by atoms with Crippen LogP contribution in [0.25, 0.3) is 0 Å². The van der Waals surface area contributed by atoms with Gasteiger partial charge in [0.05, 0.1) is 6.54 Å². The standard InChI is InChI=1S/C5H6F2N4O2/c6-4(7)2-8-3-1-9-10-5(3)11(12)13/h1,4,8H,2H2,(H,9,10). The summed E-state index contributed by atoms with van der Waals surface area (Å²) in [6.07, 6.45) is -1.48. The summed E-state index contributed by atoms with van der Waals surface area (Å²) in [5.41, 5.74) is -0.0368. The number of rotatable bonds is 4. The van der Waals surface area contributed by atoms with Crippen molar-refractivity contribution >= 4 is 11.5 Å². The van der Waals surface area contributed by atoms with Gasteiger partial charge in [-0.25, -0.2) is 8.78 Å². The molecule has 0 aliphatic rings. The molecule has 0 amide bonds. The fourth-order valence-electron chi connectivity index (χ4n) is 0.735. The summed E-state index contributed by atoms with van der Waals surface area (Å²) in [5.74, 6) is -0.416. The lowest BCUT2D eigenvalue weighted by Gasteiger charge is -2.01. The summed E-state index contributed by atoms with van der Waals surface area (Å²) in [4.78, 5) is 9.50. The lowest BCUT2D eigenvalue weighted by Crippen LogP contribution is -2.10. The van der Waals surface area contributed by atoms with E-state index in [2.05, 4.69) is 15.5 Å². The maximum Gasteiger partial charge on any atom is 0.366 e. The lowest BCUT2D eigenvalue weighted by molar-refractivity contribution is -0.388. The van der Waals surface area contributed by atoms with E-state index >= 15 is 0 Å². The third-order valence-electron chi connectivity index (χ3n) is 1.25. The molecule has 0 bridgehead atoms. The minimum absolute atomic E-state index is 0.0368. The third kappa shape index (κ3) is 2.36. The molecule has 6 nitrogen and oxygen atoms in total. The Hall–Kier alpha value is -1.73. The summed E-state index contributed by atoms with van der Waals surface area (Å²) in [7, 11) is 0. The number of anilines is 1. The molecule has 1 heterocycles. The summed E-state index contributed by atoms with van der Waals surface area (Å²) < 4.78 is 23.4. The minimum Gasteiger partial charge on any atom is -0.371 e. The molecule has 1 aromatic heterocycles. The Morgan fingerprint density at radius 2 is 2.46 bits per heavy atom. The van der Waals surface area contributed by atoms with Crippen molar-refractivity contribution < 1.29 is 13.7 Å². The van der Waals surface area contributed by atoms with Crippen molar-refractivity contribution in [1.29, 1.82) is 0 Å². The number of nitrogens with zero attached hydrogens (tertiary/aromatic N) is 2. The van der Waals surface area contributed by atoms with Crippen molar-refractivity contribution in [3.8, 4) is 0 Å². The van der Waals surface area contributed by atoms with Crippen molar-refractivity contribution in [3.05, 3.63) is 16.3 Å². The van der Waals surface area contributed by atoms with E-state index in [0.29, 0.717) is 0 Å². The van der Waals surface area contributed by atoms with Crippen molar-refractivity contribution in [2.75, 3.05) is 11.9 Å². The van der Waals surface area contributed by atoms with Gasteiger partial charge in [0.1, 0.15) is 6.20 Å². The number of hydrogen-bond acceptors (Lipinski definition) is 4. The highest BCUT2D eigenvalue weighted by molar-refractivity contribution is 5.55. The predicted molar refractivity (Wildman–Crippen MR) is 39.7 cm³/mol. The molecule has 72 valence electrons. The first kappa shape index (κ1) is 9.36. The molecule has 0 atom stereocenters. The quantitative estimate of drug-likeness (QED) is 0.550. The van der Waals surface area contributed by atoms with Crippen LogP contribution in [0.5, 0.6) is 0 Å². The van der Waals surface area contributed by atoms with E-state index in [9.17, 15) is 18.9 Å². The zero-order valence-electron chi connectivity index (χ0n) is 6.33. The summed E-state index contributed by atoms with van der Waals surface area (Å²) in [5, 5.41) is 17.8. The van der Waals surface area contributed by atoms with Crippen molar-refractivity contribution in [2.45, 2.75) is 6.43 Å². The molecule has 1 rings (SSSR count). The molecule has 0 aliphatic carbocycles. The van der Waals surface area contributed by atoms with Gasteiger partial charge >= 0.3 is 5.82 Å². The van der Waals surface area contributed by atoms with Gasteiger partial charge in [-0.1, -0.05) is 5.10 Å². The molecule has 0 aromatic carbocycles. The monoisotopic (exact) mass is 192 g/mol. The number of aromatic amines is 1. The Morgan fingerprint density at radius 3 is 3.00 bits per heavy atom. The lowest BCUT2D eigenvalue weighted by atomic mass is 10.5. The number of hydrogen-bond donors (Lipinski definition) is 2. The Morgan fingerprint density at radius 1 is 1.77 bits per heavy atom. The highest BCUT2D eigenvalue weighted by Crippen LogP contribution is 2.19. The molecule has 13 heavy (non-hydrogen) atoms. The molecule has 8 heteroatoms. The van der Waals surface area contributed by atoms with E-state index in [4.69, 9.17) is 0 Å². The second kappa shape index (κ2) is 3.78. The number of halogens is 2. The van der Waals surface area contributed by atoms with Crippen LogP contribution in [0.1, 0.15) is 0 Å². The molecular formula is C5H6F2N4O2. The fourth-order valence-corrected chi connectivity index (χ4v) is 0.735. The van der Waals surface area contributed by atoms with Crippen LogP contribution in [0.3, 0.4) is 0 Å². The van der Waals surface area contributed by atoms with Gasteiger partial charge in [-0.2, -0.15) is 0 Å². The number of alkyl halides is 2.